The lowest BCUT2D eigenvalue weighted by molar-refractivity contribution is -0.123. The van der Waals surface area contributed by atoms with Crippen molar-refractivity contribution in [3.8, 4) is 5.75 Å². The number of halogens is 1. The summed E-state index contributed by atoms with van der Waals surface area (Å²) in [6, 6.07) is 31.9. The van der Waals surface area contributed by atoms with Crippen LogP contribution in [0.3, 0.4) is 0 Å². The molecule has 6 heteroatoms. The number of fused-ring (bicyclic) bond motifs is 2. The van der Waals surface area contributed by atoms with Crippen LogP contribution in [0.1, 0.15) is 16.7 Å². The zero-order chi connectivity index (χ0) is 26.1. The lowest BCUT2D eigenvalue weighted by atomic mass is 10.0. The average molecular weight is 520 g/mol. The van der Waals surface area contributed by atoms with E-state index in [9.17, 15) is 14.0 Å². The second-order valence-electron chi connectivity index (χ2n) is 9.03. The largest absolute Gasteiger partial charge is 0.488 e. The third-order valence-corrected chi connectivity index (χ3v) is 7.48. The zero-order valence-corrected chi connectivity index (χ0v) is 21.1. The highest BCUT2D eigenvalue weighted by Crippen LogP contribution is 2.38. The summed E-state index contributed by atoms with van der Waals surface area (Å²) in [5.41, 5.74) is 1.99. The Morgan fingerprint density at radius 2 is 1.50 bits per heavy atom. The standard InChI is InChI=1S/C32H22FNO3S/c33-28-12-6-4-10-25(28)20-37-29-16-15-23-8-3-5-11-26(23)27(29)18-30-31(35)34(32(36)38-30)19-21-13-14-22-7-1-2-9-24(22)17-21/h1-18H,19-20H2/b30-18-. The van der Waals surface area contributed by atoms with Crippen LogP contribution in [0, 0.1) is 5.82 Å². The summed E-state index contributed by atoms with van der Waals surface area (Å²) in [4.78, 5) is 27.9. The number of nitrogens with zero attached hydrogens (tertiary/aromatic N) is 1. The Morgan fingerprint density at radius 1 is 0.789 bits per heavy atom. The maximum Gasteiger partial charge on any atom is 0.293 e. The molecule has 0 radical (unpaired) electrons. The molecule has 0 aliphatic carbocycles. The fourth-order valence-corrected chi connectivity index (χ4v) is 5.43. The second-order valence-corrected chi connectivity index (χ2v) is 10.0. The van der Waals surface area contributed by atoms with Gasteiger partial charge in [0, 0.05) is 11.1 Å². The molecule has 1 fully saturated rings. The van der Waals surface area contributed by atoms with Gasteiger partial charge < -0.3 is 4.74 Å². The van der Waals surface area contributed by atoms with Crippen LogP contribution in [-0.4, -0.2) is 16.0 Å². The number of benzene rings is 5. The van der Waals surface area contributed by atoms with Crippen molar-refractivity contribution in [1.29, 1.82) is 0 Å². The van der Waals surface area contributed by atoms with Gasteiger partial charge in [0.05, 0.1) is 11.4 Å². The van der Waals surface area contributed by atoms with Gasteiger partial charge in [0.2, 0.25) is 0 Å². The first-order valence-corrected chi connectivity index (χ1v) is 13.0. The van der Waals surface area contributed by atoms with E-state index >= 15 is 0 Å². The number of amides is 2. The predicted octanol–water partition coefficient (Wildman–Crippen LogP) is 7.95. The first-order chi connectivity index (χ1) is 18.6. The van der Waals surface area contributed by atoms with E-state index in [0.29, 0.717) is 21.8 Å². The van der Waals surface area contributed by atoms with E-state index in [0.717, 1.165) is 38.9 Å². The Morgan fingerprint density at radius 3 is 2.34 bits per heavy atom. The van der Waals surface area contributed by atoms with Gasteiger partial charge in [0.25, 0.3) is 11.1 Å². The Labute approximate surface area is 223 Å². The SMILES string of the molecule is O=C1S/C(=C\c2c(OCc3ccccc3F)ccc3ccccc23)C(=O)N1Cc1ccc2ccccc2c1. The molecule has 0 saturated carbocycles. The van der Waals surface area contributed by atoms with Crippen molar-refractivity contribution in [2.75, 3.05) is 0 Å². The Kier molecular flexibility index (Phi) is 6.40. The number of hydrogen-bond donors (Lipinski definition) is 0. The lowest BCUT2D eigenvalue weighted by Gasteiger charge is -2.14. The lowest BCUT2D eigenvalue weighted by Crippen LogP contribution is -2.27. The van der Waals surface area contributed by atoms with Gasteiger partial charge in [-0.3, -0.25) is 14.5 Å². The minimum atomic E-state index is -0.346. The molecule has 5 aromatic rings. The zero-order valence-electron chi connectivity index (χ0n) is 20.3. The van der Waals surface area contributed by atoms with Crippen LogP contribution >= 0.6 is 11.8 Å². The molecule has 2 amide bonds. The van der Waals surface area contributed by atoms with Crippen LogP contribution in [0.5, 0.6) is 5.75 Å². The maximum absolute atomic E-state index is 14.2. The van der Waals surface area contributed by atoms with E-state index in [1.807, 2.05) is 78.9 Å². The minimum absolute atomic E-state index is 0.0370. The van der Waals surface area contributed by atoms with E-state index in [4.69, 9.17) is 4.74 Å². The van der Waals surface area contributed by atoms with E-state index < -0.39 is 0 Å². The summed E-state index contributed by atoms with van der Waals surface area (Å²) < 4.78 is 20.2. The number of imide groups is 1. The first kappa shape index (κ1) is 23.9. The van der Waals surface area contributed by atoms with Crippen LogP contribution in [0.2, 0.25) is 0 Å². The molecule has 1 aliphatic rings. The maximum atomic E-state index is 14.2. The molecule has 0 N–H and O–H groups in total. The van der Waals surface area contributed by atoms with Crippen molar-refractivity contribution < 1.29 is 18.7 Å². The van der Waals surface area contributed by atoms with Gasteiger partial charge in [-0.25, -0.2) is 4.39 Å². The van der Waals surface area contributed by atoms with Crippen molar-refractivity contribution in [3.05, 3.63) is 131 Å². The third kappa shape index (κ3) is 4.66. The molecule has 1 aliphatic heterocycles. The van der Waals surface area contributed by atoms with Gasteiger partial charge in [-0.1, -0.05) is 84.9 Å². The summed E-state index contributed by atoms with van der Waals surface area (Å²) in [5.74, 6) is -0.181. The predicted molar refractivity (Wildman–Crippen MR) is 150 cm³/mol. The van der Waals surface area contributed by atoms with Gasteiger partial charge in [-0.15, -0.1) is 0 Å². The molecule has 186 valence electrons. The number of hydrogen-bond acceptors (Lipinski definition) is 4. The van der Waals surface area contributed by atoms with Crippen molar-refractivity contribution in [1.82, 2.24) is 4.90 Å². The fourth-order valence-electron chi connectivity index (χ4n) is 4.61. The number of thioether (sulfide) groups is 1. The Hall–Kier alpha value is -4.42. The summed E-state index contributed by atoms with van der Waals surface area (Å²) in [6.07, 6.45) is 1.71. The van der Waals surface area contributed by atoms with Crippen molar-refractivity contribution >= 4 is 50.5 Å². The van der Waals surface area contributed by atoms with Crippen molar-refractivity contribution in [3.63, 3.8) is 0 Å². The highest BCUT2D eigenvalue weighted by Gasteiger charge is 2.35. The molecular formula is C32H22FNO3S. The Bertz CT molecular complexity index is 1750. The summed E-state index contributed by atoms with van der Waals surface area (Å²) >= 11 is 0.917. The molecular weight excluding hydrogens is 497 g/mol. The minimum Gasteiger partial charge on any atom is -0.488 e. The monoisotopic (exact) mass is 519 g/mol. The third-order valence-electron chi connectivity index (χ3n) is 6.58. The van der Waals surface area contributed by atoms with Crippen LogP contribution in [0.4, 0.5) is 9.18 Å². The molecule has 38 heavy (non-hydrogen) atoms. The number of carbonyl (C=O) groups is 2. The second kappa shape index (κ2) is 10.1. The van der Waals surface area contributed by atoms with Gasteiger partial charge in [-0.05, 0) is 63.1 Å². The van der Waals surface area contributed by atoms with E-state index in [1.165, 1.54) is 11.0 Å². The van der Waals surface area contributed by atoms with Gasteiger partial charge >= 0.3 is 0 Å². The van der Waals surface area contributed by atoms with Crippen LogP contribution < -0.4 is 4.74 Å². The molecule has 0 bridgehead atoms. The molecule has 0 atom stereocenters. The fraction of sp³-hybridized carbons (Fsp3) is 0.0625. The first-order valence-electron chi connectivity index (χ1n) is 12.2. The average Bonchev–Trinajstić information content (AvgIpc) is 3.20. The Balaban J connectivity index is 1.32. The topological polar surface area (TPSA) is 46.6 Å². The van der Waals surface area contributed by atoms with Crippen molar-refractivity contribution in [2.24, 2.45) is 0 Å². The molecule has 1 heterocycles. The van der Waals surface area contributed by atoms with Gasteiger partial charge in [0.15, 0.2) is 0 Å². The van der Waals surface area contributed by atoms with Crippen LogP contribution in [0.15, 0.2) is 108 Å². The van der Waals surface area contributed by atoms with Crippen LogP contribution in [0.25, 0.3) is 27.6 Å². The van der Waals surface area contributed by atoms with Crippen molar-refractivity contribution in [2.45, 2.75) is 13.2 Å². The molecule has 5 aromatic carbocycles. The quantitative estimate of drug-likeness (QED) is 0.214. The highest BCUT2D eigenvalue weighted by molar-refractivity contribution is 8.18. The molecule has 1 saturated heterocycles. The summed E-state index contributed by atoms with van der Waals surface area (Å²) in [6.45, 7) is 0.230. The van der Waals surface area contributed by atoms with Gasteiger partial charge in [-0.2, -0.15) is 0 Å². The molecule has 0 aromatic heterocycles. The molecule has 0 spiro atoms. The summed E-state index contributed by atoms with van der Waals surface area (Å²) in [5, 5.41) is 3.68. The molecule has 4 nitrogen and oxygen atoms in total. The number of ether oxygens (including phenoxy) is 1. The molecule has 0 unspecified atom stereocenters. The van der Waals surface area contributed by atoms with E-state index in [-0.39, 0.29) is 30.1 Å². The normalized spacial score (nSPS) is 14.7. The highest BCUT2D eigenvalue weighted by atomic mass is 32.2. The molecule has 6 rings (SSSR count). The van der Waals surface area contributed by atoms with E-state index in [2.05, 4.69) is 0 Å². The number of rotatable bonds is 6. The summed E-state index contributed by atoms with van der Waals surface area (Å²) in [7, 11) is 0. The van der Waals surface area contributed by atoms with Crippen LogP contribution in [-0.2, 0) is 17.9 Å². The van der Waals surface area contributed by atoms with Gasteiger partial charge in [0.1, 0.15) is 18.2 Å². The number of carbonyl (C=O) groups excluding carboxylic acids is 2. The smallest absolute Gasteiger partial charge is 0.293 e. The van der Waals surface area contributed by atoms with E-state index in [1.54, 1.807) is 24.3 Å².